The van der Waals surface area contributed by atoms with E-state index in [1.807, 2.05) is 0 Å². The highest BCUT2D eigenvalue weighted by Gasteiger charge is 2.39. The zero-order valence-corrected chi connectivity index (χ0v) is 25.0. The van der Waals surface area contributed by atoms with Gasteiger partial charge in [-0.2, -0.15) is 30.6 Å². The summed E-state index contributed by atoms with van der Waals surface area (Å²) < 4.78 is 91.7. The van der Waals surface area contributed by atoms with Gasteiger partial charge in [-0.1, -0.05) is 49.6 Å². The van der Waals surface area contributed by atoms with Crippen LogP contribution in [0.3, 0.4) is 0 Å². The number of nitrogens with zero attached hydrogens (tertiary/aromatic N) is 3. The predicted octanol–water partition coefficient (Wildman–Crippen LogP) is 3.50. The van der Waals surface area contributed by atoms with Gasteiger partial charge in [0.25, 0.3) is 16.1 Å². The van der Waals surface area contributed by atoms with Crippen molar-refractivity contribution in [3.8, 4) is 10.4 Å². The molecule has 0 spiro atoms. The number of carbonyl (C=O) groups is 1. The van der Waals surface area contributed by atoms with Crippen molar-refractivity contribution < 1.29 is 34.8 Å². The lowest BCUT2D eigenvalue weighted by molar-refractivity contribution is -0.147. The summed E-state index contributed by atoms with van der Waals surface area (Å²) in [5.74, 6) is 0.0510. The van der Waals surface area contributed by atoms with Gasteiger partial charge >= 0.3 is 6.18 Å². The first kappa shape index (κ1) is 30.8. The molecule has 1 atom stereocenters. The van der Waals surface area contributed by atoms with Crippen LogP contribution < -0.4 is 9.86 Å². The third kappa shape index (κ3) is 6.33. The summed E-state index contributed by atoms with van der Waals surface area (Å²) in [5.41, 5.74) is 1.32. The van der Waals surface area contributed by atoms with Crippen LogP contribution in [0, 0.1) is 5.92 Å². The third-order valence-electron chi connectivity index (χ3n) is 7.71. The quantitative estimate of drug-likeness (QED) is 0.384. The van der Waals surface area contributed by atoms with E-state index in [-0.39, 0.29) is 47.4 Å². The number of benzene rings is 2. The molecule has 2 heterocycles. The van der Waals surface area contributed by atoms with Crippen LogP contribution in [0.1, 0.15) is 41.7 Å². The number of nitrogens with one attached hydrogen (secondary N) is 1. The van der Waals surface area contributed by atoms with E-state index in [0.29, 0.717) is 33.9 Å². The Kier molecular flexibility index (Phi) is 8.41. The van der Waals surface area contributed by atoms with E-state index in [1.54, 1.807) is 29.0 Å². The molecule has 1 aromatic heterocycles. The fraction of sp³-hybridized carbons (Fsp3) is 0.462. The molecule has 2 aromatic carbocycles. The number of rotatable bonds is 8. The number of alkyl halides is 3. The number of halogens is 3. The van der Waals surface area contributed by atoms with Crippen LogP contribution in [-0.4, -0.2) is 75.3 Å². The van der Waals surface area contributed by atoms with Crippen molar-refractivity contribution in [3.63, 3.8) is 0 Å². The summed E-state index contributed by atoms with van der Waals surface area (Å²) in [6, 6.07) is 7.09. The van der Waals surface area contributed by atoms with E-state index < -0.39 is 32.5 Å². The Balaban J connectivity index is 1.52. The minimum atomic E-state index is -4.75. The van der Waals surface area contributed by atoms with Crippen molar-refractivity contribution in [2.75, 3.05) is 26.2 Å². The molecule has 10 nitrogen and oxygen atoms in total. The summed E-state index contributed by atoms with van der Waals surface area (Å²) in [5, 5.41) is 6.18. The van der Waals surface area contributed by atoms with E-state index in [1.165, 1.54) is 28.4 Å². The van der Waals surface area contributed by atoms with Gasteiger partial charge in [0.05, 0.1) is 15.5 Å². The number of hydrogen-bond acceptors (Lipinski definition) is 7. The zero-order chi connectivity index (χ0) is 30.4. The molecule has 2 fully saturated rings. The molecule has 1 aliphatic carbocycles. The van der Waals surface area contributed by atoms with Crippen molar-refractivity contribution in [1.82, 2.24) is 18.9 Å². The SMILES string of the molecule is CC(NS(=O)(=O)c1ccc(-c2sc(C(=O)N3CCN(S(N)(=O)=O)CC3)nc2CC2CCC2)c2ccccc12)C(F)(F)F. The Labute approximate surface area is 245 Å². The summed E-state index contributed by atoms with van der Waals surface area (Å²) in [7, 11) is -8.39. The van der Waals surface area contributed by atoms with E-state index >= 15 is 0 Å². The summed E-state index contributed by atoms with van der Waals surface area (Å²) in [6.45, 7) is 1.19. The molecule has 0 radical (unpaired) electrons. The lowest BCUT2D eigenvalue weighted by Gasteiger charge is -2.32. The summed E-state index contributed by atoms with van der Waals surface area (Å²) >= 11 is 1.17. The van der Waals surface area contributed by atoms with E-state index in [4.69, 9.17) is 10.1 Å². The van der Waals surface area contributed by atoms with Gasteiger partial charge in [-0.05, 0) is 30.7 Å². The number of thiazole rings is 1. The first-order valence-electron chi connectivity index (χ1n) is 13.3. The molecular weight excluding hydrogens is 616 g/mol. The second kappa shape index (κ2) is 11.5. The van der Waals surface area contributed by atoms with Crippen LogP contribution >= 0.6 is 11.3 Å². The number of sulfonamides is 1. The lowest BCUT2D eigenvalue weighted by Crippen LogP contribution is -2.52. The maximum absolute atomic E-state index is 13.5. The number of amides is 1. The van der Waals surface area contributed by atoms with Crippen LogP contribution in [0.15, 0.2) is 41.3 Å². The first-order valence-corrected chi connectivity index (χ1v) is 17.1. The number of nitrogens with two attached hydrogens (primary N) is 1. The predicted molar refractivity (Wildman–Crippen MR) is 153 cm³/mol. The molecule has 5 rings (SSSR count). The van der Waals surface area contributed by atoms with Crippen molar-refractivity contribution in [3.05, 3.63) is 47.1 Å². The van der Waals surface area contributed by atoms with Gasteiger partial charge in [-0.15, -0.1) is 11.3 Å². The molecule has 1 unspecified atom stereocenters. The number of carbonyl (C=O) groups excluding carboxylic acids is 1. The smallest absolute Gasteiger partial charge is 0.334 e. The summed E-state index contributed by atoms with van der Waals surface area (Å²) in [6.07, 6.45) is -0.982. The largest absolute Gasteiger partial charge is 0.404 e. The van der Waals surface area contributed by atoms with Crippen LogP contribution in [-0.2, 0) is 26.7 Å². The van der Waals surface area contributed by atoms with Gasteiger partial charge in [0, 0.05) is 37.1 Å². The highest BCUT2D eigenvalue weighted by Crippen LogP contribution is 2.41. The molecule has 1 aliphatic heterocycles. The van der Waals surface area contributed by atoms with Gasteiger partial charge < -0.3 is 4.90 Å². The standard InChI is InChI=1S/C26H30F3N5O5S3/c1-16(26(27,28)29)32-41(36,37)22-10-9-20(18-7-2-3-8-19(18)22)23-21(15-17-5-4-6-17)31-24(40-23)25(35)33-11-13-34(14-12-33)42(30,38)39/h2-3,7-10,16-17,32H,4-6,11-15H2,1H3,(H2,30,38,39). The maximum Gasteiger partial charge on any atom is 0.404 e. The molecule has 1 saturated heterocycles. The van der Waals surface area contributed by atoms with Gasteiger partial charge in [-0.3, -0.25) is 4.79 Å². The van der Waals surface area contributed by atoms with E-state index in [2.05, 4.69) is 0 Å². The molecule has 3 aromatic rings. The molecule has 228 valence electrons. The number of piperazine rings is 1. The number of aromatic nitrogens is 1. The Morgan fingerprint density at radius 1 is 1.07 bits per heavy atom. The minimum absolute atomic E-state index is 0.0688. The Bertz CT molecular complexity index is 1710. The van der Waals surface area contributed by atoms with Crippen molar-refractivity contribution in [2.45, 2.75) is 49.7 Å². The van der Waals surface area contributed by atoms with Crippen molar-refractivity contribution in [2.24, 2.45) is 11.1 Å². The third-order valence-corrected chi connectivity index (χ3v) is 11.5. The molecule has 16 heteroatoms. The molecule has 42 heavy (non-hydrogen) atoms. The summed E-state index contributed by atoms with van der Waals surface area (Å²) in [4.78, 5) is 20.1. The van der Waals surface area contributed by atoms with Crippen LogP contribution in [0.25, 0.3) is 21.2 Å². The van der Waals surface area contributed by atoms with Crippen LogP contribution in [0.2, 0.25) is 0 Å². The van der Waals surface area contributed by atoms with Gasteiger partial charge in [-0.25, -0.2) is 18.5 Å². The fourth-order valence-corrected chi connectivity index (χ4v) is 8.32. The maximum atomic E-state index is 13.5. The lowest BCUT2D eigenvalue weighted by atomic mass is 9.81. The second-order valence-corrected chi connectivity index (χ2v) is 14.8. The minimum Gasteiger partial charge on any atom is -0.334 e. The Morgan fingerprint density at radius 2 is 1.71 bits per heavy atom. The average Bonchev–Trinajstić information content (AvgIpc) is 3.32. The van der Waals surface area contributed by atoms with E-state index in [0.717, 1.165) is 30.5 Å². The van der Waals surface area contributed by atoms with Gasteiger partial charge in [0.15, 0.2) is 5.01 Å². The zero-order valence-electron chi connectivity index (χ0n) is 22.6. The Hall–Kier alpha value is -2.63. The fourth-order valence-electron chi connectivity index (χ4n) is 5.11. The highest BCUT2D eigenvalue weighted by atomic mass is 32.2. The van der Waals surface area contributed by atoms with Gasteiger partial charge in [0.1, 0.15) is 6.04 Å². The van der Waals surface area contributed by atoms with Crippen molar-refractivity contribution in [1.29, 1.82) is 0 Å². The van der Waals surface area contributed by atoms with Crippen molar-refractivity contribution >= 4 is 48.2 Å². The molecular formula is C26H30F3N5O5S3. The molecule has 0 bridgehead atoms. The molecule has 1 amide bonds. The van der Waals surface area contributed by atoms with Crippen LogP contribution in [0.4, 0.5) is 13.2 Å². The highest BCUT2D eigenvalue weighted by molar-refractivity contribution is 7.89. The number of hydrogen-bond donors (Lipinski definition) is 2. The van der Waals surface area contributed by atoms with Gasteiger partial charge in [0.2, 0.25) is 10.0 Å². The van der Waals surface area contributed by atoms with E-state index in [9.17, 15) is 34.8 Å². The first-order chi connectivity index (χ1) is 19.6. The topological polar surface area (TPSA) is 143 Å². The Morgan fingerprint density at radius 3 is 2.29 bits per heavy atom. The van der Waals surface area contributed by atoms with Crippen LogP contribution in [0.5, 0.6) is 0 Å². The normalized spacial score (nSPS) is 18.3. The molecule has 3 N–H and O–H groups in total. The second-order valence-electron chi connectivity index (χ2n) is 10.6. The monoisotopic (exact) mass is 645 g/mol. The molecule has 1 saturated carbocycles. The number of fused-ring (bicyclic) bond motifs is 1. The molecule has 2 aliphatic rings. The average molecular weight is 646 g/mol.